The summed E-state index contributed by atoms with van der Waals surface area (Å²) in [5.41, 5.74) is 7.68. The maximum Gasteiger partial charge on any atom is 0.224 e. The molecule has 0 radical (unpaired) electrons. The number of anilines is 1. The Morgan fingerprint density at radius 1 is 1.17 bits per heavy atom. The summed E-state index contributed by atoms with van der Waals surface area (Å²) in [6, 6.07) is 13.2. The molecule has 0 atom stereocenters. The Bertz CT molecular complexity index is 848. The minimum atomic E-state index is -0.00146. The van der Waals surface area contributed by atoms with Crippen LogP contribution in [0.1, 0.15) is 12.0 Å². The van der Waals surface area contributed by atoms with E-state index in [9.17, 15) is 4.79 Å². The van der Waals surface area contributed by atoms with Crippen LogP contribution >= 0.6 is 39.9 Å². The minimum Gasteiger partial charge on any atom is -0.493 e. The van der Waals surface area contributed by atoms with Crippen LogP contribution in [0.3, 0.4) is 0 Å². The fourth-order valence-corrected chi connectivity index (χ4v) is 2.94. The highest BCUT2D eigenvalue weighted by atomic mass is 127. The Morgan fingerprint density at radius 3 is 2.52 bits per heavy atom. The van der Waals surface area contributed by atoms with Crippen LogP contribution in [0.15, 0.2) is 51.9 Å². The third-order valence-electron chi connectivity index (χ3n) is 4.05. The van der Waals surface area contributed by atoms with Gasteiger partial charge < -0.3 is 25.4 Å². The molecule has 0 saturated heterocycles. The molecule has 0 spiro atoms. The van der Waals surface area contributed by atoms with E-state index in [1.54, 1.807) is 44.4 Å². The van der Waals surface area contributed by atoms with E-state index in [-0.39, 0.29) is 42.3 Å². The first kappa shape index (κ1) is 25.0. The zero-order valence-corrected chi connectivity index (χ0v) is 20.6. The zero-order chi connectivity index (χ0) is 20.5. The third-order valence-corrected chi connectivity index (χ3v) is 4.83. The Morgan fingerprint density at radius 2 is 1.86 bits per heavy atom. The van der Waals surface area contributed by atoms with Gasteiger partial charge in [0.15, 0.2) is 17.5 Å². The van der Waals surface area contributed by atoms with Crippen LogP contribution in [0.2, 0.25) is 0 Å². The number of amides is 1. The summed E-state index contributed by atoms with van der Waals surface area (Å²) in [4.78, 5) is 18.2. The molecule has 3 N–H and O–H groups in total. The molecule has 2 aromatic rings. The van der Waals surface area contributed by atoms with Crippen molar-refractivity contribution in [1.29, 1.82) is 0 Å². The number of guanidine groups is 1. The number of carbonyl (C=O) groups excluding carboxylic acids is 1. The number of nitrogens with zero attached hydrogens (tertiary/aromatic N) is 2. The Labute approximate surface area is 196 Å². The van der Waals surface area contributed by atoms with Gasteiger partial charge in [0.05, 0.1) is 20.8 Å². The molecule has 9 heteroatoms. The van der Waals surface area contributed by atoms with E-state index in [0.29, 0.717) is 24.6 Å². The van der Waals surface area contributed by atoms with Gasteiger partial charge in [-0.25, -0.2) is 0 Å². The summed E-state index contributed by atoms with van der Waals surface area (Å²) in [6.07, 6.45) is 0.273. The highest BCUT2D eigenvalue weighted by molar-refractivity contribution is 14.0. The van der Waals surface area contributed by atoms with E-state index < -0.39 is 0 Å². The Balaban J connectivity index is 0.00000420. The van der Waals surface area contributed by atoms with Crippen molar-refractivity contribution in [3.63, 3.8) is 0 Å². The van der Waals surface area contributed by atoms with Crippen molar-refractivity contribution in [2.24, 2.45) is 10.7 Å². The zero-order valence-electron chi connectivity index (χ0n) is 16.6. The predicted molar refractivity (Wildman–Crippen MR) is 130 cm³/mol. The van der Waals surface area contributed by atoms with Crippen LogP contribution in [-0.2, 0) is 11.3 Å². The highest BCUT2D eigenvalue weighted by Crippen LogP contribution is 2.29. The van der Waals surface area contributed by atoms with Gasteiger partial charge in [0, 0.05) is 36.2 Å². The smallest absolute Gasteiger partial charge is 0.224 e. The maximum atomic E-state index is 12.3. The highest BCUT2D eigenvalue weighted by Gasteiger charge is 2.10. The van der Waals surface area contributed by atoms with Crippen molar-refractivity contribution in [1.82, 2.24) is 4.90 Å². The topological polar surface area (TPSA) is 89.2 Å². The lowest BCUT2D eigenvalue weighted by Crippen LogP contribution is -2.28. The van der Waals surface area contributed by atoms with E-state index in [1.807, 2.05) is 24.3 Å². The summed E-state index contributed by atoms with van der Waals surface area (Å²) in [5, 5.41) is 2.98. The van der Waals surface area contributed by atoms with Gasteiger partial charge in [-0.1, -0.05) is 34.1 Å². The third kappa shape index (κ3) is 7.73. The molecule has 0 bridgehead atoms. The van der Waals surface area contributed by atoms with Crippen molar-refractivity contribution in [3.05, 3.63) is 52.5 Å². The second kappa shape index (κ2) is 12.5. The number of hydrogen-bond acceptors (Lipinski definition) is 4. The van der Waals surface area contributed by atoms with Crippen LogP contribution in [-0.4, -0.2) is 44.6 Å². The van der Waals surface area contributed by atoms with Gasteiger partial charge in [0.25, 0.3) is 0 Å². The molecule has 7 nitrogen and oxygen atoms in total. The Hall–Kier alpha value is -2.01. The van der Waals surface area contributed by atoms with E-state index in [4.69, 9.17) is 15.2 Å². The van der Waals surface area contributed by atoms with Gasteiger partial charge >= 0.3 is 0 Å². The average Bonchev–Trinajstić information content (AvgIpc) is 2.69. The second-order valence-electron chi connectivity index (χ2n) is 6.05. The monoisotopic (exact) mass is 576 g/mol. The van der Waals surface area contributed by atoms with Crippen molar-refractivity contribution in [2.45, 2.75) is 13.0 Å². The first-order valence-electron chi connectivity index (χ1n) is 8.71. The number of ether oxygens (including phenoxy) is 2. The van der Waals surface area contributed by atoms with E-state index in [1.165, 1.54) is 0 Å². The molecule has 0 fully saturated rings. The summed E-state index contributed by atoms with van der Waals surface area (Å²) in [6.45, 7) is 0.828. The van der Waals surface area contributed by atoms with Gasteiger partial charge in [-0.05, 0) is 23.8 Å². The van der Waals surface area contributed by atoms with Crippen LogP contribution in [0.25, 0.3) is 0 Å². The molecule has 2 rings (SSSR count). The van der Waals surface area contributed by atoms with Gasteiger partial charge in [-0.2, -0.15) is 0 Å². The number of aliphatic imine (C=N–C) groups is 1. The summed E-state index contributed by atoms with van der Waals surface area (Å²) < 4.78 is 11.4. The van der Waals surface area contributed by atoms with Crippen LogP contribution in [0.5, 0.6) is 11.5 Å². The molecule has 2 aromatic carbocycles. The van der Waals surface area contributed by atoms with Crippen molar-refractivity contribution in [2.75, 3.05) is 33.1 Å². The number of rotatable bonds is 8. The van der Waals surface area contributed by atoms with Crippen LogP contribution < -0.4 is 20.5 Å². The number of halogens is 2. The first-order chi connectivity index (χ1) is 13.4. The molecular weight excluding hydrogens is 551 g/mol. The average molecular weight is 577 g/mol. The van der Waals surface area contributed by atoms with Gasteiger partial charge in [-0.3, -0.25) is 9.79 Å². The fourth-order valence-electron chi connectivity index (χ4n) is 2.53. The lowest BCUT2D eigenvalue weighted by Gasteiger charge is -2.17. The molecule has 0 aliphatic rings. The predicted octanol–water partition coefficient (Wildman–Crippen LogP) is 3.86. The molecule has 0 aromatic heterocycles. The van der Waals surface area contributed by atoms with Crippen LogP contribution in [0, 0.1) is 0 Å². The fraction of sp³-hybridized carbons (Fsp3) is 0.300. The van der Waals surface area contributed by atoms with Gasteiger partial charge in [0.2, 0.25) is 5.91 Å². The normalized spacial score (nSPS) is 10.7. The number of nitrogens with one attached hydrogen (secondary N) is 1. The molecule has 0 aliphatic carbocycles. The molecule has 0 aliphatic heterocycles. The molecule has 0 saturated carbocycles. The van der Waals surface area contributed by atoms with Crippen molar-refractivity contribution >= 4 is 57.5 Å². The van der Waals surface area contributed by atoms with E-state index in [0.717, 1.165) is 15.7 Å². The quantitative estimate of drug-likeness (QED) is 0.283. The lowest BCUT2D eigenvalue weighted by molar-refractivity contribution is -0.130. The van der Waals surface area contributed by atoms with Gasteiger partial charge in [0.1, 0.15) is 0 Å². The SMILES string of the molecule is COc1ccc(NC(N)=NCCC(=O)N(C)Cc2ccccc2Br)cc1OC.I. The van der Waals surface area contributed by atoms with E-state index in [2.05, 4.69) is 26.2 Å². The number of carbonyl (C=O) groups is 1. The number of methoxy groups -OCH3 is 2. The number of hydrogen-bond donors (Lipinski definition) is 2. The molecule has 0 unspecified atom stereocenters. The summed E-state index contributed by atoms with van der Waals surface area (Å²) >= 11 is 3.49. The number of benzene rings is 2. The standard InChI is InChI=1S/C20H25BrN4O3.HI/c1-25(13-14-6-4-5-7-16(14)21)19(26)10-11-23-20(22)24-15-8-9-17(27-2)18(12-15)28-3;/h4-9,12H,10-11,13H2,1-3H3,(H3,22,23,24);1H. The van der Waals surface area contributed by atoms with Crippen molar-refractivity contribution < 1.29 is 14.3 Å². The molecule has 0 heterocycles. The van der Waals surface area contributed by atoms with E-state index >= 15 is 0 Å². The largest absolute Gasteiger partial charge is 0.493 e. The van der Waals surface area contributed by atoms with Gasteiger partial charge in [-0.15, -0.1) is 24.0 Å². The van der Waals surface area contributed by atoms with Crippen LogP contribution in [0.4, 0.5) is 5.69 Å². The minimum absolute atomic E-state index is 0. The number of nitrogens with two attached hydrogens (primary N) is 1. The summed E-state index contributed by atoms with van der Waals surface area (Å²) in [7, 11) is 4.91. The second-order valence-corrected chi connectivity index (χ2v) is 6.91. The molecular formula is C20H26BrIN4O3. The maximum absolute atomic E-state index is 12.3. The molecule has 1 amide bonds. The molecule has 158 valence electrons. The Kier molecular flexibility index (Phi) is 10.8. The first-order valence-corrected chi connectivity index (χ1v) is 9.50. The lowest BCUT2D eigenvalue weighted by atomic mass is 10.2. The summed E-state index contributed by atoms with van der Waals surface area (Å²) in [5.74, 6) is 1.44. The molecule has 29 heavy (non-hydrogen) atoms. The van der Waals surface area contributed by atoms with Crippen molar-refractivity contribution in [3.8, 4) is 11.5 Å².